The van der Waals surface area contributed by atoms with Crippen LogP contribution in [0.25, 0.3) is 33.4 Å². The van der Waals surface area contributed by atoms with Gasteiger partial charge in [-0.2, -0.15) is 0 Å². The van der Waals surface area contributed by atoms with E-state index in [9.17, 15) is 4.79 Å². The van der Waals surface area contributed by atoms with Crippen LogP contribution in [0.3, 0.4) is 0 Å². The molecule has 4 rings (SSSR count). The van der Waals surface area contributed by atoms with Crippen molar-refractivity contribution in [3.63, 3.8) is 0 Å². The van der Waals surface area contributed by atoms with Crippen LogP contribution < -0.4 is 5.56 Å². The van der Waals surface area contributed by atoms with Crippen molar-refractivity contribution in [2.45, 2.75) is 0 Å². The summed E-state index contributed by atoms with van der Waals surface area (Å²) >= 11 is 0. The summed E-state index contributed by atoms with van der Waals surface area (Å²) in [6.07, 6.45) is 4.92. The number of fused-ring (bicyclic) bond motifs is 1. The van der Waals surface area contributed by atoms with Gasteiger partial charge in [0.05, 0.1) is 12.0 Å². The Kier molecular flexibility index (Phi) is 2.83. The molecule has 0 aliphatic rings. The van der Waals surface area contributed by atoms with Crippen molar-refractivity contribution in [3.05, 3.63) is 71.5 Å². The Morgan fingerprint density at radius 2 is 1.77 bits per heavy atom. The summed E-state index contributed by atoms with van der Waals surface area (Å²) in [4.78, 5) is 26.4. The molecule has 5 heteroatoms. The number of nitrogens with zero attached hydrogens (tertiary/aromatic N) is 2. The van der Waals surface area contributed by atoms with Crippen LogP contribution >= 0.6 is 0 Å². The number of nitrogens with one attached hydrogen (secondary N) is 2. The highest BCUT2D eigenvalue weighted by Gasteiger charge is 2.17. The van der Waals surface area contributed by atoms with Crippen LogP contribution in [0.1, 0.15) is 0 Å². The van der Waals surface area contributed by atoms with Gasteiger partial charge >= 0.3 is 0 Å². The van der Waals surface area contributed by atoms with Crippen molar-refractivity contribution >= 4 is 11.0 Å². The Balaban J connectivity index is 2.12. The highest BCUT2D eigenvalue weighted by molar-refractivity contribution is 6.00. The van der Waals surface area contributed by atoms with E-state index in [1.165, 1.54) is 6.33 Å². The molecule has 3 heterocycles. The molecule has 0 bridgehead atoms. The van der Waals surface area contributed by atoms with Gasteiger partial charge in [-0.05, 0) is 11.6 Å². The van der Waals surface area contributed by atoms with Crippen LogP contribution in [0.4, 0.5) is 0 Å². The zero-order valence-electron chi connectivity index (χ0n) is 11.6. The average Bonchev–Trinajstić information content (AvgIpc) is 2.97. The zero-order valence-corrected chi connectivity index (χ0v) is 11.6. The summed E-state index contributed by atoms with van der Waals surface area (Å²) in [5.74, 6) is 0. The molecule has 2 N–H and O–H groups in total. The summed E-state index contributed by atoms with van der Waals surface area (Å²) < 4.78 is 0. The second-order valence-electron chi connectivity index (χ2n) is 4.94. The standard InChI is InChI=1S/C17H12N4O/c22-17-16-15(19-10-20-17)13(12-7-4-8-18-9-12)14(21-16)11-5-2-1-3-6-11/h1-10,21H,(H,19,20,22). The van der Waals surface area contributed by atoms with Crippen LogP contribution in [0.15, 0.2) is 66.0 Å². The van der Waals surface area contributed by atoms with Crippen molar-refractivity contribution in [1.82, 2.24) is 19.9 Å². The summed E-state index contributed by atoms with van der Waals surface area (Å²) in [7, 11) is 0. The number of hydrogen-bond donors (Lipinski definition) is 2. The predicted octanol–water partition coefficient (Wildman–Crippen LogP) is 2.98. The summed E-state index contributed by atoms with van der Waals surface area (Å²) in [6, 6.07) is 13.7. The van der Waals surface area contributed by atoms with Gasteiger partial charge in [-0.1, -0.05) is 36.4 Å². The van der Waals surface area contributed by atoms with Crippen LogP contribution in [-0.4, -0.2) is 19.9 Å². The van der Waals surface area contributed by atoms with E-state index in [1.54, 1.807) is 12.4 Å². The van der Waals surface area contributed by atoms with E-state index in [0.717, 1.165) is 22.4 Å². The Hall–Kier alpha value is -3.21. The van der Waals surface area contributed by atoms with Gasteiger partial charge < -0.3 is 9.97 Å². The number of pyridine rings is 1. The molecule has 0 atom stereocenters. The lowest BCUT2D eigenvalue weighted by Gasteiger charge is -2.04. The number of benzene rings is 1. The Bertz CT molecular complexity index is 988. The van der Waals surface area contributed by atoms with Gasteiger partial charge in [-0.15, -0.1) is 0 Å². The molecular formula is C17H12N4O. The lowest BCUT2D eigenvalue weighted by Crippen LogP contribution is -2.05. The maximum Gasteiger partial charge on any atom is 0.275 e. The fourth-order valence-electron chi connectivity index (χ4n) is 2.62. The monoisotopic (exact) mass is 288 g/mol. The van der Waals surface area contributed by atoms with Gasteiger partial charge in [0.1, 0.15) is 11.0 Å². The molecule has 0 unspecified atom stereocenters. The fourth-order valence-corrected chi connectivity index (χ4v) is 2.62. The van der Waals surface area contributed by atoms with Crippen LogP contribution in [0.5, 0.6) is 0 Å². The van der Waals surface area contributed by atoms with Crippen LogP contribution in [-0.2, 0) is 0 Å². The van der Waals surface area contributed by atoms with Crippen molar-refractivity contribution in [2.24, 2.45) is 0 Å². The van der Waals surface area contributed by atoms with Gasteiger partial charge in [0.25, 0.3) is 5.56 Å². The SMILES string of the molecule is O=c1[nH]cnc2c(-c3cccnc3)c(-c3ccccc3)[nH]c12. The molecule has 1 aromatic carbocycles. The first-order valence-electron chi connectivity index (χ1n) is 6.90. The van der Waals surface area contributed by atoms with Crippen molar-refractivity contribution in [1.29, 1.82) is 0 Å². The largest absolute Gasteiger partial charge is 0.348 e. The minimum Gasteiger partial charge on any atom is -0.348 e. The topological polar surface area (TPSA) is 74.4 Å². The predicted molar refractivity (Wildman–Crippen MR) is 85.4 cm³/mol. The van der Waals surface area contributed by atoms with Gasteiger partial charge in [-0.3, -0.25) is 9.78 Å². The molecule has 0 saturated carbocycles. The molecule has 0 amide bonds. The maximum absolute atomic E-state index is 12.1. The van der Waals surface area contributed by atoms with Crippen molar-refractivity contribution in [3.8, 4) is 22.4 Å². The van der Waals surface area contributed by atoms with E-state index in [2.05, 4.69) is 19.9 Å². The summed E-state index contributed by atoms with van der Waals surface area (Å²) in [6.45, 7) is 0. The second-order valence-corrected chi connectivity index (χ2v) is 4.94. The molecule has 0 radical (unpaired) electrons. The second kappa shape index (κ2) is 4.96. The van der Waals surface area contributed by atoms with Crippen molar-refractivity contribution < 1.29 is 0 Å². The van der Waals surface area contributed by atoms with Gasteiger partial charge in [0.15, 0.2) is 0 Å². The molecule has 0 aliphatic heterocycles. The number of hydrogen-bond acceptors (Lipinski definition) is 3. The normalized spacial score (nSPS) is 10.9. The smallest absolute Gasteiger partial charge is 0.275 e. The van der Waals surface area contributed by atoms with E-state index >= 15 is 0 Å². The van der Waals surface area contributed by atoms with E-state index in [1.807, 2.05) is 42.5 Å². The molecule has 0 fully saturated rings. The zero-order chi connectivity index (χ0) is 14.9. The van der Waals surface area contributed by atoms with Gasteiger partial charge in [0, 0.05) is 23.5 Å². The third kappa shape index (κ3) is 1.91. The molecule has 106 valence electrons. The van der Waals surface area contributed by atoms with Crippen LogP contribution in [0.2, 0.25) is 0 Å². The molecule has 4 aromatic rings. The number of rotatable bonds is 2. The van der Waals surface area contributed by atoms with Gasteiger partial charge in [-0.25, -0.2) is 4.98 Å². The lowest BCUT2D eigenvalue weighted by molar-refractivity contribution is 1.16. The van der Waals surface area contributed by atoms with Gasteiger partial charge in [0.2, 0.25) is 0 Å². The highest BCUT2D eigenvalue weighted by Crippen LogP contribution is 2.35. The Morgan fingerprint density at radius 1 is 0.955 bits per heavy atom. The van der Waals surface area contributed by atoms with Crippen molar-refractivity contribution in [2.75, 3.05) is 0 Å². The first-order chi connectivity index (χ1) is 10.8. The summed E-state index contributed by atoms with van der Waals surface area (Å²) in [5.41, 5.74) is 4.62. The van der Waals surface area contributed by atoms with Crippen LogP contribution in [0, 0.1) is 0 Å². The first-order valence-corrected chi connectivity index (χ1v) is 6.90. The lowest BCUT2D eigenvalue weighted by atomic mass is 10.0. The number of H-pyrrole nitrogens is 2. The average molecular weight is 288 g/mol. The molecular weight excluding hydrogens is 276 g/mol. The first kappa shape index (κ1) is 12.5. The molecule has 0 spiro atoms. The number of aromatic amines is 2. The number of aromatic nitrogens is 4. The molecule has 0 aliphatic carbocycles. The minimum atomic E-state index is -0.183. The van der Waals surface area contributed by atoms with E-state index < -0.39 is 0 Å². The Morgan fingerprint density at radius 3 is 2.55 bits per heavy atom. The molecule has 22 heavy (non-hydrogen) atoms. The van der Waals surface area contributed by atoms with E-state index in [0.29, 0.717) is 11.0 Å². The maximum atomic E-state index is 12.1. The highest BCUT2D eigenvalue weighted by atomic mass is 16.1. The molecule has 3 aromatic heterocycles. The Labute approximate surface area is 125 Å². The molecule has 0 saturated heterocycles. The van der Waals surface area contributed by atoms with E-state index in [4.69, 9.17) is 0 Å². The fraction of sp³-hybridized carbons (Fsp3) is 0. The minimum absolute atomic E-state index is 0.183. The molecule has 5 nitrogen and oxygen atoms in total. The summed E-state index contributed by atoms with van der Waals surface area (Å²) in [5, 5.41) is 0. The van der Waals surface area contributed by atoms with E-state index in [-0.39, 0.29) is 5.56 Å². The third-order valence-electron chi connectivity index (χ3n) is 3.60. The third-order valence-corrected chi connectivity index (χ3v) is 3.60. The quantitative estimate of drug-likeness (QED) is 0.595.